The summed E-state index contributed by atoms with van der Waals surface area (Å²) >= 11 is 0. The highest BCUT2D eigenvalue weighted by Gasteiger charge is 2.33. The van der Waals surface area contributed by atoms with Gasteiger partial charge in [-0.3, -0.25) is 20.2 Å². The smallest absolute Gasteiger partial charge is 0.299 e. The molecule has 0 saturated carbocycles. The fourth-order valence-electron chi connectivity index (χ4n) is 2.35. The van der Waals surface area contributed by atoms with Gasteiger partial charge in [-0.15, -0.1) is 0 Å². The van der Waals surface area contributed by atoms with E-state index in [2.05, 4.69) is 0 Å². The molecule has 114 valence electrons. The molecule has 1 aromatic rings. The first-order valence-corrected chi connectivity index (χ1v) is 7.89. The molecule has 0 aliphatic carbocycles. The largest absolute Gasteiger partial charge is 0.365 e. The molecule has 1 aliphatic heterocycles. The second-order valence-corrected chi connectivity index (χ2v) is 7.08. The van der Waals surface area contributed by atoms with Crippen LogP contribution in [0.5, 0.6) is 0 Å². The van der Waals surface area contributed by atoms with Crippen molar-refractivity contribution in [2.75, 3.05) is 23.5 Å². The number of hydrogen-bond acceptors (Lipinski definition) is 7. The first kappa shape index (κ1) is 15.2. The fraction of sp³-hybridized carbons (Fsp3) is 0.455. The molecule has 1 unspecified atom stereocenters. The molecule has 9 nitrogen and oxygen atoms in total. The summed E-state index contributed by atoms with van der Waals surface area (Å²) in [7, 11) is -1.57. The molecular formula is C11H13N3O6S. The van der Waals surface area contributed by atoms with Gasteiger partial charge in [-0.25, -0.2) is 8.42 Å². The van der Waals surface area contributed by atoms with E-state index in [1.165, 1.54) is 17.0 Å². The van der Waals surface area contributed by atoms with E-state index in [-0.39, 0.29) is 28.9 Å². The van der Waals surface area contributed by atoms with Gasteiger partial charge in [0.25, 0.3) is 11.4 Å². The Morgan fingerprint density at radius 2 is 1.90 bits per heavy atom. The van der Waals surface area contributed by atoms with Gasteiger partial charge in [0.05, 0.1) is 27.4 Å². The summed E-state index contributed by atoms with van der Waals surface area (Å²) < 4.78 is 23.0. The van der Waals surface area contributed by atoms with Crippen LogP contribution in [0.3, 0.4) is 0 Å². The number of non-ortho nitro benzene ring substituents is 1. The summed E-state index contributed by atoms with van der Waals surface area (Å²) in [5.74, 6) is -0.0274. The fourth-order valence-corrected chi connectivity index (χ4v) is 4.12. The van der Waals surface area contributed by atoms with Gasteiger partial charge in [-0.05, 0) is 12.5 Å². The van der Waals surface area contributed by atoms with Crippen molar-refractivity contribution >= 4 is 26.9 Å². The Kier molecular flexibility index (Phi) is 3.81. The second-order valence-electron chi connectivity index (χ2n) is 4.86. The van der Waals surface area contributed by atoms with Crippen LogP contribution >= 0.6 is 0 Å². The zero-order valence-corrected chi connectivity index (χ0v) is 11.9. The van der Waals surface area contributed by atoms with Gasteiger partial charge in [0, 0.05) is 19.2 Å². The van der Waals surface area contributed by atoms with Crippen LogP contribution in [0.4, 0.5) is 17.1 Å². The van der Waals surface area contributed by atoms with E-state index >= 15 is 0 Å². The van der Waals surface area contributed by atoms with E-state index in [1.54, 1.807) is 7.05 Å². The van der Waals surface area contributed by atoms with Gasteiger partial charge in [-0.1, -0.05) is 0 Å². The number of hydrogen-bond donors (Lipinski definition) is 0. The second kappa shape index (κ2) is 5.28. The van der Waals surface area contributed by atoms with E-state index < -0.39 is 25.4 Å². The quantitative estimate of drug-likeness (QED) is 0.602. The molecule has 1 fully saturated rings. The summed E-state index contributed by atoms with van der Waals surface area (Å²) in [6.45, 7) is 0. The van der Waals surface area contributed by atoms with Crippen molar-refractivity contribution in [3.05, 3.63) is 38.4 Å². The number of nitro benzene ring substituents is 2. The first-order chi connectivity index (χ1) is 9.71. The Morgan fingerprint density at radius 1 is 1.24 bits per heavy atom. The molecular weight excluding hydrogens is 302 g/mol. The van der Waals surface area contributed by atoms with Crippen molar-refractivity contribution in [3.8, 4) is 0 Å². The van der Waals surface area contributed by atoms with Gasteiger partial charge < -0.3 is 4.90 Å². The summed E-state index contributed by atoms with van der Waals surface area (Å²) in [4.78, 5) is 21.9. The maximum absolute atomic E-state index is 11.5. The predicted molar refractivity (Wildman–Crippen MR) is 75.2 cm³/mol. The molecule has 1 aliphatic rings. The van der Waals surface area contributed by atoms with E-state index in [1.807, 2.05) is 0 Å². The molecule has 1 aromatic carbocycles. The third kappa shape index (κ3) is 3.10. The highest BCUT2D eigenvalue weighted by atomic mass is 32.2. The molecule has 0 amide bonds. The molecule has 0 radical (unpaired) electrons. The maximum Gasteiger partial charge on any atom is 0.299 e. The summed E-state index contributed by atoms with van der Waals surface area (Å²) in [5.41, 5.74) is -0.610. The number of nitro groups is 2. The van der Waals surface area contributed by atoms with Crippen molar-refractivity contribution in [2.24, 2.45) is 0 Å². The zero-order valence-electron chi connectivity index (χ0n) is 11.1. The van der Waals surface area contributed by atoms with E-state index in [9.17, 15) is 28.6 Å². The Hall–Kier alpha value is -2.23. The lowest BCUT2D eigenvalue weighted by Gasteiger charge is -2.25. The Labute approximate surface area is 120 Å². The third-order valence-corrected chi connectivity index (χ3v) is 5.25. The van der Waals surface area contributed by atoms with Crippen molar-refractivity contribution in [1.82, 2.24) is 0 Å². The standard InChI is InChI=1S/C11H13N3O6S/c1-12(9-4-5-21(19,20)7-9)10-3-2-8(13(15)16)6-11(10)14(17)18/h2-3,6,9H,4-5,7H2,1H3. The minimum Gasteiger partial charge on any atom is -0.365 e. The lowest BCUT2D eigenvalue weighted by molar-refractivity contribution is -0.393. The lowest BCUT2D eigenvalue weighted by Crippen LogP contribution is -2.32. The number of nitrogens with zero attached hydrogens (tertiary/aromatic N) is 3. The molecule has 0 bridgehead atoms. The Balaban J connectivity index is 2.39. The number of sulfone groups is 1. The van der Waals surface area contributed by atoms with Gasteiger partial charge in [-0.2, -0.15) is 0 Å². The minimum atomic E-state index is -3.12. The highest BCUT2D eigenvalue weighted by molar-refractivity contribution is 7.91. The van der Waals surface area contributed by atoms with Crippen molar-refractivity contribution in [1.29, 1.82) is 0 Å². The number of rotatable bonds is 4. The molecule has 0 aromatic heterocycles. The van der Waals surface area contributed by atoms with Gasteiger partial charge >= 0.3 is 0 Å². The van der Waals surface area contributed by atoms with Crippen molar-refractivity contribution in [3.63, 3.8) is 0 Å². The normalized spacial score (nSPS) is 20.1. The van der Waals surface area contributed by atoms with Gasteiger partial charge in [0.2, 0.25) is 0 Å². The molecule has 1 heterocycles. The molecule has 0 spiro atoms. The zero-order chi connectivity index (χ0) is 15.8. The Bertz CT molecular complexity index is 702. The summed E-state index contributed by atoms with van der Waals surface area (Å²) in [6.07, 6.45) is 0.382. The summed E-state index contributed by atoms with van der Waals surface area (Å²) in [6, 6.07) is 2.97. The number of benzene rings is 1. The predicted octanol–water partition coefficient (Wildman–Crippen LogP) is 1.13. The van der Waals surface area contributed by atoms with Gasteiger partial charge in [0.1, 0.15) is 5.69 Å². The molecule has 10 heteroatoms. The van der Waals surface area contributed by atoms with Crippen LogP contribution in [0, 0.1) is 20.2 Å². The van der Waals surface area contributed by atoms with E-state index in [4.69, 9.17) is 0 Å². The van der Waals surface area contributed by atoms with Crippen LogP contribution in [0.1, 0.15) is 6.42 Å². The lowest BCUT2D eigenvalue weighted by atomic mass is 10.1. The molecule has 1 saturated heterocycles. The van der Waals surface area contributed by atoms with Crippen LogP contribution in [0.25, 0.3) is 0 Å². The van der Waals surface area contributed by atoms with Crippen LogP contribution < -0.4 is 4.90 Å². The highest BCUT2D eigenvalue weighted by Crippen LogP contribution is 2.34. The average molecular weight is 315 g/mol. The third-order valence-electron chi connectivity index (χ3n) is 3.50. The summed E-state index contributed by atoms with van der Waals surface area (Å²) in [5, 5.41) is 21.8. The van der Waals surface area contributed by atoms with Crippen LogP contribution in [-0.2, 0) is 9.84 Å². The van der Waals surface area contributed by atoms with Crippen LogP contribution in [0.2, 0.25) is 0 Å². The van der Waals surface area contributed by atoms with Crippen molar-refractivity contribution < 1.29 is 18.3 Å². The molecule has 0 N–H and O–H groups in total. The van der Waals surface area contributed by atoms with Crippen molar-refractivity contribution in [2.45, 2.75) is 12.5 Å². The first-order valence-electron chi connectivity index (χ1n) is 6.07. The minimum absolute atomic E-state index is 0.0444. The van der Waals surface area contributed by atoms with Crippen LogP contribution in [0.15, 0.2) is 18.2 Å². The number of anilines is 1. The molecule has 21 heavy (non-hydrogen) atoms. The van der Waals surface area contributed by atoms with Gasteiger partial charge in [0.15, 0.2) is 9.84 Å². The Morgan fingerprint density at radius 3 is 2.38 bits per heavy atom. The maximum atomic E-state index is 11.5. The topological polar surface area (TPSA) is 124 Å². The molecule has 1 atom stereocenters. The van der Waals surface area contributed by atoms with E-state index in [0.29, 0.717) is 6.42 Å². The molecule has 2 rings (SSSR count). The SMILES string of the molecule is CN(c1ccc([N+](=O)[O-])cc1[N+](=O)[O-])C1CCS(=O)(=O)C1. The van der Waals surface area contributed by atoms with Crippen LogP contribution in [-0.4, -0.2) is 42.9 Å². The van der Waals surface area contributed by atoms with E-state index in [0.717, 1.165) is 6.07 Å². The average Bonchev–Trinajstić information content (AvgIpc) is 2.77. The monoisotopic (exact) mass is 315 g/mol.